The molecule has 0 aliphatic carbocycles. The highest BCUT2D eigenvalue weighted by molar-refractivity contribution is 8.00. The fourth-order valence-corrected chi connectivity index (χ4v) is 2.92. The summed E-state index contributed by atoms with van der Waals surface area (Å²) in [6.07, 6.45) is -4.56. The monoisotopic (exact) mass is 412 g/mol. The third kappa shape index (κ3) is 6.49. The van der Waals surface area contributed by atoms with Crippen LogP contribution in [0.3, 0.4) is 0 Å². The van der Waals surface area contributed by atoms with E-state index in [0.29, 0.717) is 18.0 Å². The van der Waals surface area contributed by atoms with Crippen LogP contribution in [0.5, 0.6) is 5.75 Å². The van der Waals surface area contributed by atoms with Crippen molar-refractivity contribution in [1.82, 2.24) is 0 Å². The van der Waals surface area contributed by atoms with Gasteiger partial charge in [-0.3, -0.25) is 9.59 Å². The molecule has 5 nitrogen and oxygen atoms in total. The number of thioether (sulfide) groups is 1. The largest absolute Gasteiger partial charge is 0.492 e. The predicted octanol–water partition coefficient (Wildman–Crippen LogP) is 4.41. The second-order valence-electron chi connectivity index (χ2n) is 5.56. The molecule has 2 N–H and O–H groups in total. The molecule has 0 aliphatic heterocycles. The van der Waals surface area contributed by atoms with E-state index in [-0.39, 0.29) is 23.1 Å². The minimum absolute atomic E-state index is 0.0329. The first kappa shape index (κ1) is 21.6. The number of rotatable bonds is 8. The lowest BCUT2D eigenvalue weighted by Crippen LogP contribution is -2.20. The van der Waals surface area contributed by atoms with Crippen molar-refractivity contribution in [2.45, 2.75) is 13.1 Å². The molecule has 2 rings (SSSR count). The van der Waals surface area contributed by atoms with E-state index in [9.17, 15) is 22.8 Å². The van der Waals surface area contributed by atoms with Crippen molar-refractivity contribution in [1.29, 1.82) is 0 Å². The van der Waals surface area contributed by atoms with E-state index in [2.05, 4.69) is 10.6 Å². The maximum atomic E-state index is 12.9. The molecule has 0 saturated heterocycles. The number of benzene rings is 2. The Morgan fingerprint density at radius 3 is 2.07 bits per heavy atom. The Morgan fingerprint density at radius 1 is 0.929 bits per heavy atom. The summed E-state index contributed by atoms with van der Waals surface area (Å²) >= 11 is 0.994. The first-order valence-electron chi connectivity index (χ1n) is 8.36. The van der Waals surface area contributed by atoms with E-state index in [0.717, 1.165) is 17.8 Å². The molecular formula is C19H19F3N2O3S. The Balaban J connectivity index is 1.84. The number of para-hydroxylation sites is 3. The summed E-state index contributed by atoms with van der Waals surface area (Å²) in [5.74, 6) is -0.628. The van der Waals surface area contributed by atoms with Gasteiger partial charge in [-0.15, -0.1) is 11.8 Å². The maximum absolute atomic E-state index is 12.9. The zero-order chi connectivity index (χ0) is 20.6. The summed E-state index contributed by atoms with van der Waals surface area (Å²) in [6.45, 7) is 2.27. The summed E-state index contributed by atoms with van der Waals surface area (Å²) in [6, 6.07) is 11.7. The molecule has 150 valence electrons. The Hall–Kier alpha value is -2.68. The number of alkyl halides is 3. The number of carbonyl (C=O) groups is 2. The Morgan fingerprint density at radius 2 is 1.46 bits per heavy atom. The number of hydrogen-bond acceptors (Lipinski definition) is 4. The molecule has 0 spiro atoms. The van der Waals surface area contributed by atoms with Crippen LogP contribution in [0.15, 0.2) is 48.5 Å². The van der Waals surface area contributed by atoms with Gasteiger partial charge in [0.2, 0.25) is 11.8 Å². The number of anilines is 2. The highest BCUT2D eigenvalue weighted by Gasteiger charge is 2.33. The molecule has 0 fully saturated rings. The van der Waals surface area contributed by atoms with Gasteiger partial charge in [-0.1, -0.05) is 24.3 Å². The molecule has 0 aliphatic rings. The minimum Gasteiger partial charge on any atom is -0.492 e. The second kappa shape index (κ2) is 10.0. The van der Waals surface area contributed by atoms with Crippen molar-refractivity contribution in [2.75, 3.05) is 28.7 Å². The normalized spacial score (nSPS) is 11.0. The number of halogens is 3. The molecule has 0 atom stereocenters. The van der Waals surface area contributed by atoms with Crippen molar-refractivity contribution >= 4 is 35.0 Å². The van der Waals surface area contributed by atoms with Crippen molar-refractivity contribution in [3.63, 3.8) is 0 Å². The molecule has 2 amide bonds. The van der Waals surface area contributed by atoms with E-state index < -0.39 is 17.6 Å². The topological polar surface area (TPSA) is 67.4 Å². The highest BCUT2D eigenvalue weighted by atomic mass is 32.2. The van der Waals surface area contributed by atoms with Crippen LogP contribution in [0.1, 0.15) is 12.5 Å². The summed E-state index contributed by atoms with van der Waals surface area (Å²) in [5.41, 5.74) is -0.715. The fourth-order valence-electron chi connectivity index (χ4n) is 2.30. The van der Waals surface area contributed by atoms with E-state index >= 15 is 0 Å². The number of amides is 2. The van der Waals surface area contributed by atoms with Gasteiger partial charge in [-0.25, -0.2) is 0 Å². The number of carbonyl (C=O) groups excluding carboxylic acids is 2. The molecule has 9 heteroatoms. The number of hydrogen-bond donors (Lipinski definition) is 2. The van der Waals surface area contributed by atoms with Gasteiger partial charge < -0.3 is 15.4 Å². The van der Waals surface area contributed by atoms with Gasteiger partial charge in [0.15, 0.2) is 0 Å². The lowest BCUT2D eigenvalue weighted by atomic mass is 10.1. The van der Waals surface area contributed by atoms with Crippen LogP contribution >= 0.6 is 11.8 Å². The molecule has 2 aromatic rings. The molecule has 0 aromatic heterocycles. The Labute approximate surface area is 164 Å². The molecule has 0 saturated carbocycles. The van der Waals surface area contributed by atoms with Gasteiger partial charge in [0, 0.05) is 0 Å². The van der Waals surface area contributed by atoms with Gasteiger partial charge in [-0.2, -0.15) is 13.2 Å². The Kier molecular flexibility index (Phi) is 7.74. The summed E-state index contributed by atoms with van der Waals surface area (Å²) in [4.78, 5) is 23.9. The molecule has 0 bridgehead atoms. The minimum atomic E-state index is -4.56. The summed E-state index contributed by atoms with van der Waals surface area (Å²) in [7, 11) is 0. The smallest absolute Gasteiger partial charge is 0.418 e. The average molecular weight is 412 g/mol. The number of ether oxygens (including phenoxy) is 1. The maximum Gasteiger partial charge on any atom is 0.418 e. The van der Waals surface area contributed by atoms with Gasteiger partial charge in [0.05, 0.1) is 35.1 Å². The lowest BCUT2D eigenvalue weighted by molar-refractivity contribution is -0.137. The van der Waals surface area contributed by atoms with E-state index in [1.165, 1.54) is 18.2 Å². The quantitative estimate of drug-likeness (QED) is 0.674. The third-order valence-corrected chi connectivity index (χ3v) is 4.37. The van der Waals surface area contributed by atoms with Crippen LogP contribution in [0.25, 0.3) is 0 Å². The highest BCUT2D eigenvalue weighted by Crippen LogP contribution is 2.34. The standard InChI is InChI=1S/C19H19F3N2O3S/c1-2-27-16-10-6-5-9-15(16)24-18(26)12-28-11-17(25)23-14-8-4-3-7-13(14)19(20,21)22/h3-10H,2,11-12H2,1H3,(H,23,25)(H,24,26). The van der Waals surface area contributed by atoms with Crippen molar-refractivity contribution < 1.29 is 27.5 Å². The first-order valence-corrected chi connectivity index (χ1v) is 9.52. The predicted molar refractivity (Wildman–Crippen MR) is 104 cm³/mol. The average Bonchev–Trinajstić information content (AvgIpc) is 2.63. The zero-order valence-corrected chi connectivity index (χ0v) is 15.8. The molecule has 0 radical (unpaired) electrons. The zero-order valence-electron chi connectivity index (χ0n) is 15.0. The summed E-state index contributed by atoms with van der Waals surface area (Å²) < 4.78 is 44.2. The number of nitrogens with one attached hydrogen (secondary N) is 2. The molecule has 0 heterocycles. The van der Waals surface area contributed by atoms with Crippen LogP contribution in [0.4, 0.5) is 24.5 Å². The van der Waals surface area contributed by atoms with Crippen LogP contribution in [-0.4, -0.2) is 29.9 Å². The lowest BCUT2D eigenvalue weighted by Gasteiger charge is -2.13. The molecule has 0 unspecified atom stereocenters. The summed E-state index contributed by atoms with van der Waals surface area (Å²) in [5, 5.41) is 4.92. The molecule has 28 heavy (non-hydrogen) atoms. The molecule has 2 aromatic carbocycles. The van der Waals surface area contributed by atoms with Gasteiger partial charge in [0.25, 0.3) is 0 Å². The Bertz CT molecular complexity index is 828. The third-order valence-electron chi connectivity index (χ3n) is 3.43. The van der Waals surface area contributed by atoms with Gasteiger partial charge in [-0.05, 0) is 31.2 Å². The van der Waals surface area contributed by atoms with Crippen molar-refractivity contribution in [3.05, 3.63) is 54.1 Å². The van der Waals surface area contributed by atoms with E-state index in [1.54, 1.807) is 24.3 Å². The van der Waals surface area contributed by atoms with Crippen molar-refractivity contribution in [2.24, 2.45) is 0 Å². The first-order chi connectivity index (χ1) is 13.3. The second-order valence-corrected chi connectivity index (χ2v) is 6.55. The fraction of sp³-hybridized carbons (Fsp3) is 0.263. The van der Waals surface area contributed by atoms with Crippen LogP contribution in [0, 0.1) is 0 Å². The molecular weight excluding hydrogens is 393 g/mol. The van der Waals surface area contributed by atoms with Crippen LogP contribution in [-0.2, 0) is 15.8 Å². The van der Waals surface area contributed by atoms with Gasteiger partial charge >= 0.3 is 6.18 Å². The van der Waals surface area contributed by atoms with Crippen LogP contribution < -0.4 is 15.4 Å². The SMILES string of the molecule is CCOc1ccccc1NC(=O)CSCC(=O)Nc1ccccc1C(F)(F)F. The van der Waals surface area contributed by atoms with Crippen LogP contribution in [0.2, 0.25) is 0 Å². The van der Waals surface area contributed by atoms with E-state index in [4.69, 9.17) is 4.74 Å². The van der Waals surface area contributed by atoms with E-state index in [1.807, 2.05) is 6.92 Å². The van der Waals surface area contributed by atoms with Crippen molar-refractivity contribution in [3.8, 4) is 5.75 Å². The van der Waals surface area contributed by atoms with Gasteiger partial charge in [0.1, 0.15) is 5.75 Å².